The summed E-state index contributed by atoms with van der Waals surface area (Å²) in [6.07, 6.45) is 11.4. The molecule has 2 aliphatic rings. The summed E-state index contributed by atoms with van der Waals surface area (Å²) < 4.78 is 0. The lowest BCUT2D eigenvalue weighted by Crippen LogP contribution is -2.32. The van der Waals surface area contributed by atoms with Crippen LogP contribution in [0.15, 0.2) is 18.3 Å². The molecule has 0 spiro atoms. The van der Waals surface area contributed by atoms with E-state index in [4.69, 9.17) is 0 Å². The first kappa shape index (κ1) is 13.8. The second-order valence-corrected chi connectivity index (χ2v) is 6.72. The van der Waals surface area contributed by atoms with Crippen LogP contribution >= 0.6 is 0 Å². The van der Waals surface area contributed by atoms with Crippen molar-refractivity contribution in [3.8, 4) is 0 Å². The number of aromatic nitrogens is 1. The zero-order chi connectivity index (χ0) is 13.9. The molecule has 108 valence electrons. The summed E-state index contributed by atoms with van der Waals surface area (Å²) in [6.45, 7) is 2.05. The first-order valence-electron chi connectivity index (χ1n) is 8.17. The second-order valence-electron chi connectivity index (χ2n) is 6.72. The lowest BCUT2D eigenvalue weighted by Gasteiger charge is -2.38. The number of rotatable bonds is 3. The average Bonchev–Trinajstić information content (AvgIpc) is 2.49. The molecule has 2 nitrogen and oxygen atoms in total. The highest BCUT2D eigenvalue weighted by Gasteiger charge is 2.34. The van der Waals surface area contributed by atoms with Crippen LogP contribution in [0, 0.1) is 24.7 Å². The minimum absolute atomic E-state index is 0.302. The van der Waals surface area contributed by atoms with E-state index in [1.54, 1.807) is 6.20 Å². The number of nitrogens with zero attached hydrogens (tertiary/aromatic N) is 1. The van der Waals surface area contributed by atoms with Crippen molar-refractivity contribution in [3.63, 3.8) is 0 Å². The molecule has 0 N–H and O–H groups in total. The molecule has 0 saturated heterocycles. The summed E-state index contributed by atoms with van der Waals surface area (Å²) >= 11 is 0. The van der Waals surface area contributed by atoms with Crippen LogP contribution in [-0.4, -0.2) is 10.8 Å². The predicted molar refractivity (Wildman–Crippen MR) is 80.5 cm³/mol. The first-order valence-corrected chi connectivity index (χ1v) is 8.17. The normalized spacial score (nSPS) is 29.8. The topological polar surface area (TPSA) is 30.0 Å². The molecule has 20 heavy (non-hydrogen) atoms. The van der Waals surface area contributed by atoms with Crippen LogP contribution in [0.2, 0.25) is 0 Å². The summed E-state index contributed by atoms with van der Waals surface area (Å²) in [5.41, 5.74) is 2.12. The zero-order valence-corrected chi connectivity index (χ0v) is 12.5. The molecule has 2 heteroatoms. The highest BCUT2D eigenvalue weighted by Crippen LogP contribution is 2.43. The molecule has 0 radical (unpaired) electrons. The number of Topliss-reactive ketones (excluding diaryl/α,β-unsaturated/α-hetero) is 1. The summed E-state index contributed by atoms with van der Waals surface area (Å²) in [4.78, 5) is 16.9. The van der Waals surface area contributed by atoms with Gasteiger partial charge in [-0.3, -0.25) is 9.78 Å². The maximum absolute atomic E-state index is 12.6. The third kappa shape index (κ3) is 2.94. The van der Waals surface area contributed by atoms with Crippen LogP contribution in [-0.2, 0) is 11.2 Å². The van der Waals surface area contributed by atoms with E-state index in [0.29, 0.717) is 18.1 Å². The molecule has 1 heterocycles. The molecule has 1 aromatic rings. The van der Waals surface area contributed by atoms with Crippen molar-refractivity contribution >= 4 is 5.78 Å². The van der Waals surface area contributed by atoms with Gasteiger partial charge in [0.1, 0.15) is 5.78 Å². The van der Waals surface area contributed by atoms with Crippen molar-refractivity contribution in [3.05, 3.63) is 29.6 Å². The Morgan fingerprint density at radius 3 is 2.80 bits per heavy atom. The van der Waals surface area contributed by atoms with Crippen molar-refractivity contribution < 1.29 is 4.79 Å². The molecule has 0 aliphatic heterocycles. The molecule has 3 atom stereocenters. The van der Waals surface area contributed by atoms with Crippen molar-refractivity contribution in [2.75, 3.05) is 0 Å². The van der Waals surface area contributed by atoms with Crippen LogP contribution in [0.4, 0.5) is 0 Å². The van der Waals surface area contributed by atoms with E-state index < -0.39 is 0 Å². The fourth-order valence-corrected chi connectivity index (χ4v) is 4.18. The smallest absolute Gasteiger partial charge is 0.141 e. The third-order valence-electron chi connectivity index (χ3n) is 5.45. The van der Waals surface area contributed by atoms with Gasteiger partial charge in [-0.1, -0.05) is 31.7 Å². The van der Waals surface area contributed by atoms with Gasteiger partial charge in [-0.05, 0) is 49.7 Å². The Balaban J connectivity index is 1.62. The fourth-order valence-electron chi connectivity index (χ4n) is 4.18. The van der Waals surface area contributed by atoms with Gasteiger partial charge >= 0.3 is 0 Å². The Labute approximate surface area is 122 Å². The number of pyridine rings is 1. The molecular formula is C18H25NO. The van der Waals surface area contributed by atoms with Gasteiger partial charge in [0.05, 0.1) is 5.69 Å². The van der Waals surface area contributed by atoms with E-state index in [-0.39, 0.29) is 0 Å². The number of fused-ring (bicyclic) bond motifs is 1. The SMILES string of the molecule is Cc1cccnc1CC(=O)C1CCC2CCCCC2C1. The molecule has 0 amide bonds. The second kappa shape index (κ2) is 6.07. The van der Waals surface area contributed by atoms with Gasteiger partial charge in [-0.15, -0.1) is 0 Å². The molecule has 3 unspecified atom stereocenters. The predicted octanol–water partition coefficient (Wildman–Crippen LogP) is 4.11. The highest BCUT2D eigenvalue weighted by atomic mass is 16.1. The first-order chi connectivity index (χ1) is 9.74. The molecular weight excluding hydrogens is 246 g/mol. The van der Waals surface area contributed by atoms with E-state index in [0.717, 1.165) is 35.9 Å². The number of aryl methyl sites for hydroxylation is 1. The van der Waals surface area contributed by atoms with Gasteiger partial charge < -0.3 is 0 Å². The summed E-state index contributed by atoms with van der Waals surface area (Å²) in [7, 11) is 0. The quantitative estimate of drug-likeness (QED) is 0.828. The Morgan fingerprint density at radius 1 is 1.20 bits per heavy atom. The van der Waals surface area contributed by atoms with Crippen LogP contribution in [0.5, 0.6) is 0 Å². The molecule has 2 aliphatic carbocycles. The van der Waals surface area contributed by atoms with Crippen LogP contribution in [0.25, 0.3) is 0 Å². The Morgan fingerprint density at radius 2 is 2.00 bits per heavy atom. The Bertz CT molecular complexity index is 482. The van der Waals surface area contributed by atoms with Gasteiger partial charge in [0.2, 0.25) is 0 Å². The largest absolute Gasteiger partial charge is 0.299 e. The average molecular weight is 271 g/mol. The van der Waals surface area contributed by atoms with Crippen molar-refractivity contribution in [2.24, 2.45) is 17.8 Å². The monoisotopic (exact) mass is 271 g/mol. The molecule has 0 bridgehead atoms. The summed E-state index contributed by atoms with van der Waals surface area (Å²) in [5.74, 6) is 2.48. The van der Waals surface area contributed by atoms with Gasteiger partial charge in [0.25, 0.3) is 0 Å². The van der Waals surface area contributed by atoms with Gasteiger partial charge in [0.15, 0.2) is 0 Å². The van der Waals surface area contributed by atoms with Gasteiger partial charge in [-0.25, -0.2) is 0 Å². The highest BCUT2D eigenvalue weighted by molar-refractivity contribution is 5.83. The van der Waals surface area contributed by atoms with Crippen LogP contribution in [0.1, 0.15) is 56.2 Å². The molecule has 2 fully saturated rings. The maximum Gasteiger partial charge on any atom is 0.141 e. The van der Waals surface area contributed by atoms with Crippen molar-refractivity contribution in [2.45, 2.75) is 58.3 Å². The number of hydrogen-bond acceptors (Lipinski definition) is 2. The summed E-state index contributed by atoms with van der Waals surface area (Å²) in [6, 6.07) is 3.99. The molecule has 0 aromatic carbocycles. The van der Waals surface area contributed by atoms with Crippen LogP contribution in [0.3, 0.4) is 0 Å². The van der Waals surface area contributed by atoms with E-state index in [9.17, 15) is 4.79 Å². The standard InChI is InChI=1S/C18H25NO/c1-13-5-4-10-19-17(13)12-18(20)16-9-8-14-6-2-3-7-15(14)11-16/h4-5,10,14-16H,2-3,6-9,11-12H2,1H3. The lowest BCUT2D eigenvalue weighted by atomic mass is 9.66. The van der Waals surface area contributed by atoms with Crippen molar-refractivity contribution in [1.29, 1.82) is 0 Å². The van der Waals surface area contributed by atoms with Crippen molar-refractivity contribution in [1.82, 2.24) is 4.98 Å². The number of ketones is 1. The van der Waals surface area contributed by atoms with E-state index in [2.05, 4.69) is 4.98 Å². The van der Waals surface area contributed by atoms with E-state index >= 15 is 0 Å². The zero-order valence-electron chi connectivity index (χ0n) is 12.5. The Hall–Kier alpha value is -1.18. The number of carbonyl (C=O) groups excluding carboxylic acids is 1. The van der Waals surface area contributed by atoms with E-state index in [1.807, 2.05) is 19.1 Å². The molecule has 1 aromatic heterocycles. The number of carbonyl (C=O) groups is 1. The minimum atomic E-state index is 0.302. The minimum Gasteiger partial charge on any atom is -0.299 e. The van der Waals surface area contributed by atoms with Crippen LogP contribution < -0.4 is 0 Å². The number of hydrogen-bond donors (Lipinski definition) is 0. The van der Waals surface area contributed by atoms with Gasteiger partial charge in [0, 0.05) is 18.5 Å². The Kier molecular flexibility index (Phi) is 4.18. The lowest BCUT2D eigenvalue weighted by molar-refractivity contribution is -0.124. The maximum atomic E-state index is 12.6. The van der Waals surface area contributed by atoms with E-state index in [1.165, 1.54) is 32.1 Å². The van der Waals surface area contributed by atoms with Gasteiger partial charge in [-0.2, -0.15) is 0 Å². The third-order valence-corrected chi connectivity index (χ3v) is 5.45. The summed E-state index contributed by atoms with van der Waals surface area (Å²) in [5, 5.41) is 0. The molecule has 3 rings (SSSR count). The fraction of sp³-hybridized carbons (Fsp3) is 0.667. The molecule has 2 saturated carbocycles.